The molecule has 29 heavy (non-hydrogen) atoms. The van der Waals surface area contributed by atoms with Crippen molar-refractivity contribution in [2.24, 2.45) is 0 Å². The summed E-state index contributed by atoms with van der Waals surface area (Å²) in [7, 11) is 1.63. The number of rotatable bonds is 5. The third-order valence-corrected chi connectivity index (χ3v) is 5.43. The number of aromatic carboxylic acids is 1. The van der Waals surface area contributed by atoms with Gasteiger partial charge in [-0.05, 0) is 61.7 Å². The Morgan fingerprint density at radius 1 is 1.31 bits per heavy atom. The van der Waals surface area contributed by atoms with Gasteiger partial charge in [-0.15, -0.1) is 0 Å². The summed E-state index contributed by atoms with van der Waals surface area (Å²) in [6, 6.07) is 16.9. The second-order valence-electron chi connectivity index (χ2n) is 7.16. The summed E-state index contributed by atoms with van der Waals surface area (Å²) < 4.78 is 7.12. The van der Waals surface area contributed by atoms with E-state index < -0.39 is 5.97 Å². The lowest BCUT2D eigenvalue weighted by Crippen LogP contribution is -2.12. The molecule has 6 nitrogen and oxygen atoms in total. The van der Waals surface area contributed by atoms with Crippen molar-refractivity contribution in [2.75, 3.05) is 7.11 Å². The molecule has 0 bridgehead atoms. The van der Waals surface area contributed by atoms with Crippen molar-refractivity contribution in [1.29, 1.82) is 5.26 Å². The molecule has 1 aliphatic carbocycles. The third kappa shape index (κ3) is 3.47. The Hall–Kier alpha value is -3.59. The molecule has 1 atom stereocenters. The fourth-order valence-corrected chi connectivity index (χ4v) is 4.06. The van der Waals surface area contributed by atoms with Gasteiger partial charge in [0.15, 0.2) is 0 Å². The molecule has 0 radical (unpaired) electrons. The molecule has 0 aliphatic heterocycles. The Bertz CT molecular complexity index is 1090. The average molecular weight is 387 g/mol. The van der Waals surface area contributed by atoms with Crippen LogP contribution in [0.2, 0.25) is 0 Å². The first-order valence-electron chi connectivity index (χ1n) is 9.59. The Morgan fingerprint density at radius 2 is 2.10 bits per heavy atom. The number of nitrogens with zero attached hydrogens (tertiary/aromatic N) is 3. The monoisotopic (exact) mass is 387 g/mol. The van der Waals surface area contributed by atoms with Gasteiger partial charge in [-0.25, -0.2) is 9.48 Å². The highest BCUT2D eigenvalue weighted by atomic mass is 16.5. The van der Waals surface area contributed by atoms with Crippen molar-refractivity contribution in [3.8, 4) is 28.8 Å². The van der Waals surface area contributed by atoms with Crippen LogP contribution in [0.1, 0.15) is 46.8 Å². The Morgan fingerprint density at radius 3 is 2.79 bits per heavy atom. The summed E-state index contributed by atoms with van der Waals surface area (Å²) in [5, 5.41) is 23.6. The zero-order chi connectivity index (χ0) is 20.4. The number of fused-ring (bicyclic) bond motifs is 1. The summed E-state index contributed by atoms with van der Waals surface area (Å²) in [4.78, 5) is 11.4. The van der Waals surface area contributed by atoms with Crippen LogP contribution >= 0.6 is 0 Å². The number of methoxy groups -OCH3 is 1. The number of carboxylic acid groups (broad SMARTS) is 1. The lowest BCUT2D eigenvalue weighted by Gasteiger charge is -2.22. The first-order chi connectivity index (χ1) is 14.1. The minimum absolute atomic E-state index is 0.122. The number of carboxylic acids is 1. The lowest BCUT2D eigenvalue weighted by molar-refractivity contribution is 0.0697. The van der Waals surface area contributed by atoms with Crippen molar-refractivity contribution in [3.05, 3.63) is 65.4 Å². The van der Waals surface area contributed by atoms with Gasteiger partial charge in [0.25, 0.3) is 0 Å². The number of nitriles is 1. The molecule has 0 saturated heterocycles. The predicted molar refractivity (Wildman–Crippen MR) is 108 cm³/mol. The molecule has 1 N–H and O–H groups in total. The van der Waals surface area contributed by atoms with Gasteiger partial charge in [-0.1, -0.05) is 6.07 Å². The molecule has 0 fully saturated rings. The molecule has 1 unspecified atom stereocenters. The maximum Gasteiger partial charge on any atom is 0.335 e. The van der Waals surface area contributed by atoms with Gasteiger partial charge < -0.3 is 9.84 Å². The molecule has 4 rings (SSSR count). The molecule has 1 heterocycles. The van der Waals surface area contributed by atoms with Gasteiger partial charge in [0, 0.05) is 29.2 Å². The van der Waals surface area contributed by atoms with E-state index in [1.807, 2.05) is 35.0 Å². The van der Waals surface area contributed by atoms with Crippen molar-refractivity contribution >= 4 is 5.97 Å². The molecule has 6 heteroatoms. The molecule has 1 aliphatic rings. The third-order valence-electron chi connectivity index (χ3n) is 5.43. The topological polar surface area (TPSA) is 88.1 Å². The van der Waals surface area contributed by atoms with Crippen molar-refractivity contribution in [1.82, 2.24) is 9.78 Å². The second kappa shape index (κ2) is 7.80. The summed E-state index contributed by atoms with van der Waals surface area (Å²) in [6.45, 7) is 0. The number of carbonyl (C=O) groups is 1. The van der Waals surface area contributed by atoms with Crippen molar-refractivity contribution < 1.29 is 14.6 Å². The van der Waals surface area contributed by atoms with Crippen molar-refractivity contribution in [2.45, 2.75) is 31.6 Å². The highest BCUT2D eigenvalue weighted by Gasteiger charge is 2.29. The van der Waals surface area contributed by atoms with E-state index in [1.54, 1.807) is 25.3 Å². The van der Waals surface area contributed by atoms with Crippen LogP contribution in [0.5, 0.6) is 5.75 Å². The van der Waals surface area contributed by atoms with E-state index in [4.69, 9.17) is 9.84 Å². The first kappa shape index (κ1) is 18.8. The van der Waals surface area contributed by atoms with Gasteiger partial charge in [0.05, 0.1) is 30.1 Å². The summed E-state index contributed by atoms with van der Waals surface area (Å²) >= 11 is 0. The predicted octanol–water partition coefficient (Wildman–Crippen LogP) is 4.58. The van der Waals surface area contributed by atoms with Gasteiger partial charge in [0.2, 0.25) is 0 Å². The standard InChI is InChI=1S/C23H21N3O3/c1-29-19-10-8-16(9-11-19)22-21-15(12-13-24)4-3-7-20(21)26(25-22)18-6-2-5-17(14-18)23(27)28/h2,5-6,8-11,14-15H,3-4,7,12H2,1H3,(H,27,28). The Kier molecular flexibility index (Phi) is 5.05. The number of hydrogen-bond donors (Lipinski definition) is 1. The molecular weight excluding hydrogens is 366 g/mol. The highest BCUT2D eigenvalue weighted by Crippen LogP contribution is 2.41. The minimum atomic E-state index is -0.967. The van der Waals surface area contributed by atoms with Crippen molar-refractivity contribution in [3.63, 3.8) is 0 Å². The maximum atomic E-state index is 11.4. The molecule has 146 valence electrons. The normalized spacial score (nSPS) is 15.4. The van der Waals surface area contributed by atoms with Crippen LogP contribution in [-0.4, -0.2) is 28.0 Å². The molecule has 0 spiro atoms. The average Bonchev–Trinajstić information content (AvgIpc) is 3.15. The van der Waals surface area contributed by atoms with E-state index in [2.05, 4.69) is 6.07 Å². The number of benzene rings is 2. The van der Waals surface area contributed by atoms with Crippen LogP contribution in [0.25, 0.3) is 16.9 Å². The van der Waals surface area contributed by atoms with E-state index in [0.717, 1.165) is 53.2 Å². The van der Waals surface area contributed by atoms with E-state index in [0.29, 0.717) is 6.42 Å². The number of aromatic nitrogens is 2. The molecule has 3 aromatic rings. The highest BCUT2D eigenvalue weighted by molar-refractivity contribution is 5.88. The van der Waals surface area contributed by atoms with Crippen LogP contribution in [0.3, 0.4) is 0 Å². The van der Waals surface area contributed by atoms with Gasteiger partial charge in [-0.3, -0.25) is 0 Å². The zero-order valence-electron chi connectivity index (χ0n) is 16.1. The molecular formula is C23H21N3O3. The first-order valence-corrected chi connectivity index (χ1v) is 9.59. The van der Waals surface area contributed by atoms with Crippen LogP contribution in [0.4, 0.5) is 0 Å². The zero-order valence-corrected chi connectivity index (χ0v) is 16.1. The number of hydrogen-bond acceptors (Lipinski definition) is 4. The Balaban J connectivity index is 1.90. The van der Waals surface area contributed by atoms with Gasteiger partial charge in [0.1, 0.15) is 5.75 Å². The van der Waals surface area contributed by atoms with Gasteiger partial charge >= 0.3 is 5.97 Å². The van der Waals surface area contributed by atoms with Crippen LogP contribution in [-0.2, 0) is 6.42 Å². The maximum absolute atomic E-state index is 11.4. The summed E-state index contributed by atoms with van der Waals surface area (Å²) in [5.41, 5.74) is 4.91. The lowest BCUT2D eigenvalue weighted by atomic mass is 9.82. The fourth-order valence-electron chi connectivity index (χ4n) is 4.06. The van der Waals surface area contributed by atoms with Crippen LogP contribution < -0.4 is 4.74 Å². The largest absolute Gasteiger partial charge is 0.497 e. The van der Waals surface area contributed by atoms with Crippen LogP contribution in [0, 0.1) is 11.3 Å². The molecule has 1 aromatic heterocycles. The minimum Gasteiger partial charge on any atom is -0.497 e. The molecule has 0 amide bonds. The Labute approximate surface area is 169 Å². The van der Waals surface area contributed by atoms with Gasteiger partial charge in [-0.2, -0.15) is 10.4 Å². The SMILES string of the molecule is COc1ccc(-c2nn(-c3cccc(C(=O)O)c3)c3c2C(CC#N)CCC3)cc1. The quantitative estimate of drug-likeness (QED) is 0.692. The summed E-state index contributed by atoms with van der Waals surface area (Å²) in [5.74, 6) is -0.0762. The fraction of sp³-hybridized carbons (Fsp3) is 0.261. The second-order valence-corrected chi connectivity index (χ2v) is 7.16. The van der Waals surface area contributed by atoms with Crippen LogP contribution in [0.15, 0.2) is 48.5 Å². The summed E-state index contributed by atoms with van der Waals surface area (Å²) in [6.07, 6.45) is 3.21. The van der Waals surface area contributed by atoms with E-state index in [1.165, 1.54) is 0 Å². The number of ether oxygens (including phenoxy) is 1. The van der Waals surface area contributed by atoms with E-state index in [9.17, 15) is 15.2 Å². The molecule has 2 aromatic carbocycles. The van der Waals surface area contributed by atoms with E-state index >= 15 is 0 Å². The molecule has 0 saturated carbocycles. The van der Waals surface area contributed by atoms with E-state index in [-0.39, 0.29) is 11.5 Å². The smallest absolute Gasteiger partial charge is 0.335 e.